The summed E-state index contributed by atoms with van der Waals surface area (Å²) < 4.78 is 0. The lowest BCUT2D eigenvalue weighted by Crippen LogP contribution is -2.64. The van der Waals surface area contributed by atoms with Crippen LogP contribution in [0.2, 0.25) is 0 Å². The summed E-state index contributed by atoms with van der Waals surface area (Å²) in [7, 11) is 0. The van der Waals surface area contributed by atoms with E-state index < -0.39 is 0 Å². The number of hydrogen-bond acceptors (Lipinski definition) is 9. The van der Waals surface area contributed by atoms with Crippen molar-refractivity contribution in [1.82, 2.24) is 40.9 Å². The van der Waals surface area contributed by atoms with Crippen LogP contribution >= 0.6 is 11.8 Å². The summed E-state index contributed by atoms with van der Waals surface area (Å²) in [6, 6.07) is 5.06. The van der Waals surface area contributed by atoms with Crippen LogP contribution in [0.4, 0.5) is 0 Å². The number of hydrogen-bond donors (Lipinski definition) is 4. The maximum Gasteiger partial charge on any atom is 0.0646 e. The molecule has 4 N–H and O–H groups in total. The normalized spacial score (nSPS) is 55.6. The first kappa shape index (κ1) is 37.6. The van der Waals surface area contributed by atoms with Gasteiger partial charge in [0, 0.05) is 61.2 Å². The Morgan fingerprint density at radius 3 is 1.12 bits per heavy atom. The molecule has 9 saturated heterocycles. The Balaban J connectivity index is 0.661. The minimum atomic E-state index is 0.594. The average Bonchev–Trinajstić information content (AvgIpc) is 4.09. The Labute approximate surface area is 350 Å². The van der Waals surface area contributed by atoms with E-state index in [0.29, 0.717) is 35.4 Å². The molecule has 4 aliphatic carbocycles. The highest BCUT2D eigenvalue weighted by molar-refractivity contribution is 8.00. The van der Waals surface area contributed by atoms with Crippen LogP contribution in [0.15, 0.2) is 0 Å². The largest absolute Gasteiger partial charge is 0.301 e. The fourth-order valence-electron chi connectivity index (χ4n) is 18.8. The van der Waals surface area contributed by atoms with Crippen LogP contribution in [0.5, 0.6) is 0 Å². The zero-order valence-electron chi connectivity index (χ0n) is 35.5. The van der Waals surface area contributed by atoms with Crippen LogP contribution in [0.1, 0.15) is 154 Å². The summed E-state index contributed by atoms with van der Waals surface area (Å²) in [6.45, 7) is 5.10. The number of nitrogens with one attached hydrogen (secondary N) is 4. The van der Waals surface area contributed by atoms with Crippen molar-refractivity contribution in [2.45, 2.75) is 226 Å². The van der Waals surface area contributed by atoms with E-state index in [4.69, 9.17) is 0 Å². The molecule has 0 amide bonds. The van der Waals surface area contributed by atoms with Crippen LogP contribution in [0.3, 0.4) is 0 Å². The van der Waals surface area contributed by atoms with E-state index in [0.717, 1.165) is 83.6 Å². The van der Waals surface area contributed by atoms with Crippen molar-refractivity contribution in [3.8, 4) is 0 Å². The first-order valence-electron chi connectivity index (χ1n) is 26.0. The second kappa shape index (κ2) is 15.4. The van der Waals surface area contributed by atoms with Gasteiger partial charge in [0.25, 0.3) is 0 Å². The Kier molecular flexibility index (Phi) is 10.1. The SMILES string of the molecule is C1CCC2C(C1)C1CCCCC1N2C1NCCC2C1CCN2C1CCC2C(N1)SC1NC(N3CCC4C3CCNC4N3C4CCCCC4C4CCCCC43)CCC12. The fraction of sp³-hybridized carbons (Fsp3) is 1.00. The van der Waals surface area contributed by atoms with E-state index in [1.165, 1.54) is 180 Å². The molecule has 13 aliphatic rings. The van der Waals surface area contributed by atoms with Crippen LogP contribution in [0.25, 0.3) is 0 Å². The third-order valence-electron chi connectivity index (χ3n) is 20.8. The van der Waals surface area contributed by atoms with E-state index in [2.05, 4.69) is 52.6 Å². The summed E-state index contributed by atoms with van der Waals surface area (Å²) in [4.78, 5) is 12.5. The minimum Gasteiger partial charge on any atom is -0.301 e. The van der Waals surface area contributed by atoms with Gasteiger partial charge < -0.3 is 10.6 Å². The maximum atomic E-state index is 4.42. The van der Waals surface area contributed by atoms with Gasteiger partial charge in [-0.1, -0.05) is 51.4 Å². The summed E-state index contributed by atoms with van der Waals surface area (Å²) in [5, 5.41) is 18.6. The molecule has 20 unspecified atom stereocenters. The predicted molar refractivity (Wildman–Crippen MR) is 231 cm³/mol. The van der Waals surface area contributed by atoms with E-state index in [1.54, 1.807) is 0 Å². The number of fused-ring (bicyclic) bond motifs is 11. The molecule has 20 atom stereocenters. The first-order chi connectivity index (χ1) is 28.3. The lowest BCUT2D eigenvalue weighted by Gasteiger charge is -2.49. The third-order valence-corrected chi connectivity index (χ3v) is 22.3. The van der Waals surface area contributed by atoms with E-state index in [-0.39, 0.29) is 0 Å². The standard InChI is InChI=1S/C48H80N8S/c1-5-13-39-29(9-1)30-10-2-6-14-40(30)55(39)45-35-23-27-53(37(35)21-25-49-45)43-19-17-33-34-18-20-44(52-48(34)57-47(33)51-43)54-28-24-36-38(54)22-26-50-46(36)56-41-15-7-3-11-31(41)32-12-4-8-16-42(32)56/h29-52H,1-28H2. The number of thioether (sulfide) groups is 1. The molecule has 13 rings (SSSR count). The van der Waals surface area contributed by atoms with Crippen molar-refractivity contribution >= 4 is 11.8 Å². The second-order valence-corrected chi connectivity index (χ2v) is 24.0. The van der Waals surface area contributed by atoms with Gasteiger partial charge in [0.15, 0.2) is 0 Å². The quantitative estimate of drug-likeness (QED) is 0.243. The lowest BCUT2D eigenvalue weighted by atomic mass is 9.73. The van der Waals surface area contributed by atoms with Crippen LogP contribution in [0, 0.1) is 47.3 Å². The van der Waals surface area contributed by atoms with E-state index in [1.807, 2.05) is 0 Å². The monoisotopic (exact) mass is 801 g/mol. The molecule has 9 aliphatic heterocycles. The summed E-state index contributed by atoms with van der Waals surface area (Å²) in [5.74, 6) is 7.37. The van der Waals surface area contributed by atoms with Crippen molar-refractivity contribution in [2.24, 2.45) is 47.3 Å². The highest BCUT2D eigenvalue weighted by atomic mass is 32.2. The zero-order valence-corrected chi connectivity index (χ0v) is 36.4. The lowest BCUT2D eigenvalue weighted by molar-refractivity contribution is -0.0128. The van der Waals surface area contributed by atoms with Crippen LogP contribution in [-0.2, 0) is 0 Å². The Morgan fingerprint density at radius 2 is 0.719 bits per heavy atom. The fourth-order valence-corrected chi connectivity index (χ4v) is 20.6. The molecule has 0 spiro atoms. The van der Waals surface area contributed by atoms with Crippen molar-refractivity contribution in [2.75, 3.05) is 26.2 Å². The van der Waals surface area contributed by atoms with Gasteiger partial charge in [0.2, 0.25) is 0 Å². The Morgan fingerprint density at radius 1 is 0.333 bits per heavy atom. The Bertz CT molecular complexity index is 1300. The molecule has 9 heterocycles. The molecule has 8 nitrogen and oxygen atoms in total. The minimum absolute atomic E-state index is 0.594. The molecule has 4 saturated carbocycles. The molecular formula is C48H80N8S. The van der Waals surface area contributed by atoms with Crippen LogP contribution in [-0.4, -0.2) is 117 Å². The van der Waals surface area contributed by atoms with Gasteiger partial charge in [-0.25, -0.2) is 0 Å². The Hall–Kier alpha value is 0.0300. The van der Waals surface area contributed by atoms with Gasteiger partial charge in [0.1, 0.15) is 0 Å². The van der Waals surface area contributed by atoms with Gasteiger partial charge in [-0.3, -0.25) is 30.2 Å². The molecule has 318 valence electrons. The van der Waals surface area contributed by atoms with Crippen molar-refractivity contribution in [3.63, 3.8) is 0 Å². The van der Waals surface area contributed by atoms with Gasteiger partial charge in [0.05, 0.1) is 35.4 Å². The maximum absolute atomic E-state index is 4.42. The molecule has 0 aromatic carbocycles. The van der Waals surface area contributed by atoms with Crippen molar-refractivity contribution in [1.29, 1.82) is 0 Å². The van der Waals surface area contributed by atoms with E-state index >= 15 is 0 Å². The second-order valence-electron chi connectivity index (χ2n) is 22.7. The average molecular weight is 801 g/mol. The van der Waals surface area contributed by atoms with E-state index in [9.17, 15) is 0 Å². The molecule has 57 heavy (non-hydrogen) atoms. The van der Waals surface area contributed by atoms with Gasteiger partial charge in [-0.2, -0.15) is 0 Å². The molecule has 13 fully saturated rings. The highest BCUT2D eigenvalue weighted by Crippen LogP contribution is 2.55. The van der Waals surface area contributed by atoms with Crippen LogP contribution < -0.4 is 21.3 Å². The molecular weight excluding hydrogens is 721 g/mol. The molecule has 0 radical (unpaired) electrons. The number of nitrogens with zero attached hydrogens (tertiary/aromatic N) is 4. The van der Waals surface area contributed by atoms with Crippen molar-refractivity contribution in [3.05, 3.63) is 0 Å². The molecule has 0 aromatic heterocycles. The number of piperidine rings is 4. The van der Waals surface area contributed by atoms with Gasteiger partial charge >= 0.3 is 0 Å². The smallest absolute Gasteiger partial charge is 0.0646 e. The molecule has 0 aromatic rings. The predicted octanol–water partition coefficient (Wildman–Crippen LogP) is 6.92. The first-order valence-corrected chi connectivity index (χ1v) is 26.9. The highest BCUT2D eigenvalue weighted by Gasteiger charge is 2.59. The molecule has 9 heteroatoms. The van der Waals surface area contributed by atoms with Crippen molar-refractivity contribution < 1.29 is 0 Å². The summed E-state index contributed by atoms with van der Waals surface area (Å²) in [6.07, 6.45) is 37.6. The molecule has 0 bridgehead atoms. The number of rotatable bonds is 4. The summed E-state index contributed by atoms with van der Waals surface area (Å²) in [5.41, 5.74) is 0. The van der Waals surface area contributed by atoms with Gasteiger partial charge in [-0.15, -0.1) is 11.8 Å². The third kappa shape index (κ3) is 6.08. The zero-order chi connectivity index (χ0) is 37.2. The number of likely N-dealkylation sites (tertiary alicyclic amines) is 4. The topological polar surface area (TPSA) is 61.1 Å². The van der Waals surface area contributed by atoms with Gasteiger partial charge in [-0.05, 0) is 151 Å². The summed E-state index contributed by atoms with van der Waals surface area (Å²) >= 11 is 2.34.